The fourth-order valence-electron chi connectivity index (χ4n) is 1.47. The molecule has 1 unspecified atom stereocenters. The summed E-state index contributed by atoms with van der Waals surface area (Å²) in [5.41, 5.74) is 0. The number of halogens is 4. The summed E-state index contributed by atoms with van der Waals surface area (Å²) in [4.78, 5) is 0. The van der Waals surface area contributed by atoms with Gasteiger partial charge >= 0.3 is 12.3 Å². The summed E-state index contributed by atoms with van der Waals surface area (Å²) in [6.45, 7) is 3.00. The van der Waals surface area contributed by atoms with E-state index in [4.69, 9.17) is 0 Å². The summed E-state index contributed by atoms with van der Waals surface area (Å²) in [6, 6.07) is 1.38. The highest BCUT2D eigenvalue weighted by molar-refractivity contribution is 4.82. The Morgan fingerprint density at radius 3 is 2.44 bits per heavy atom. The largest absolute Gasteiger partial charge is 0.319 e. The smallest absolute Gasteiger partial charge is 0.306 e. The fraction of sp³-hybridized carbons (Fsp3) is 0.727. The van der Waals surface area contributed by atoms with Crippen LogP contribution in [0.1, 0.15) is 13.8 Å². The quantitative estimate of drug-likeness (QED) is 0.769. The van der Waals surface area contributed by atoms with Crippen LogP contribution >= 0.6 is 0 Å². The van der Waals surface area contributed by atoms with Gasteiger partial charge in [0.1, 0.15) is 0 Å². The molecule has 1 aromatic heterocycles. The molecule has 0 radical (unpaired) electrons. The second kappa shape index (κ2) is 6.17. The summed E-state index contributed by atoms with van der Waals surface area (Å²) in [6.07, 6.45) is -0.379. The van der Waals surface area contributed by atoms with E-state index in [1.807, 2.05) is 13.8 Å². The van der Waals surface area contributed by atoms with Crippen LogP contribution in [-0.4, -0.2) is 34.7 Å². The van der Waals surface area contributed by atoms with Crippen LogP contribution in [0.3, 0.4) is 0 Å². The van der Waals surface area contributed by atoms with Gasteiger partial charge in [-0.15, -0.1) is 0 Å². The molecule has 1 aromatic rings. The highest BCUT2D eigenvalue weighted by atomic mass is 19.3. The third kappa shape index (κ3) is 4.29. The van der Waals surface area contributed by atoms with E-state index in [1.165, 1.54) is 0 Å². The zero-order valence-corrected chi connectivity index (χ0v) is 10.3. The van der Waals surface area contributed by atoms with Crippen LogP contribution in [0.5, 0.6) is 0 Å². The van der Waals surface area contributed by atoms with Crippen LogP contribution in [0.25, 0.3) is 0 Å². The Balaban J connectivity index is 2.54. The van der Waals surface area contributed by atoms with Gasteiger partial charge in [0.25, 0.3) is 0 Å². The minimum atomic E-state index is -4.00. The molecule has 0 aromatic carbocycles. The van der Waals surface area contributed by atoms with Crippen molar-refractivity contribution in [2.45, 2.75) is 38.8 Å². The maximum atomic E-state index is 12.8. The monoisotopic (exact) mass is 267 g/mol. The van der Waals surface area contributed by atoms with Crippen molar-refractivity contribution in [1.82, 2.24) is 15.1 Å². The second-order valence-electron chi connectivity index (χ2n) is 4.52. The molecule has 0 bridgehead atoms. The number of alkyl halides is 4. The Morgan fingerprint density at radius 2 is 2.00 bits per heavy atom. The minimum Gasteiger partial charge on any atom is -0.306 e. The minimum absolute atomic E-state index is 0.0303. The maximum Gasteiger partial charge on any atom is 0.319 e. The molecule has 0 fully saturated rings. The van der Waals surface area contributed by atoms with Crippen LogP contribution in [0.4, 0.5) is 17.6 Å². The zero-order valence-electron chi connectivity index (χ0n) is 10.3. The third-order valence-electron chi connectivity index (χ3n) is 2.67. The number of hydrogen-bond donors (Lipinski definition) is 1. The summed E-state index contributed by atoms with van der Waals surface area (Å²) < 4.78 is 51.3. The molecule has 0 aliphatic rings. The Kier molecular flexibility index (Phi) is 5.13. The molecule has 0 amide bonds. The first-order valence-electron chi connectivity index (χ1n) is 5.69. The van der Waals surface area contributed by atoms with Crippen molar-refractivity contribution in [2.24, 2.45) is 5.92 Å². The summed E-state index contributed by atoms with van der Waals surface area (Å²) >= 11 is 0. The molecule has 0 aliphatic carbocycles. The van der Waals surface area contributed by atoms with E-state index in [-0.39, 0.29) is 12.0 Å². The van der Waals surface area contributed by atoms with Gasteiger partial charge in [-0.3, -0.25) is 4.68 Å². The van der Waals surface area contributed by atoms with E-state index in [2.05, 4.69) is 10.4 Å². The molecule has 1 N–H and O–H groups in total. The molecule has 0 spiro atoms. The topological polar surface area (TPSA) is 29.9 Å². The maximum absolute atomic E-state index is 12.8. The number of aromatic nitrogens is 2. The Morgan fingerprint density at radius 1 is 1.33 bits per heavy atom. The van der Waals surface area contributed by atoms with Gasteiger partial charge in [-0.25, -0.2) is 8.78 Å². The number of hydrogen-bond acceptors (Lipinski definition) is 2. The normalized spacial score (nSPS) is 14.4. The van der Waals surface area contributed by atoms with E-state index >= 15 is 0 Å². The molecule has 0 saturated heterocycles. The average Bonchev–Trinajstić information content (AvgIpc) is 2.76. The van der Waals surface area contributed by atoms with Gasteiger partial charge in [0.05, 0.1) is 13.1 Å². The van der Waals surface area contributed by atoms with Crippen molar-refractivity contribution in [3.63, 3.8) is 0 Å². The van der Waals surface area contributed by atoms with Crippen molar-refractivity contribution < 1.29 is 17.6 Å². The summed E-state index contributed by atoms with van der Waals surface area (Å²) in [5.74, 6) is -3.97. The Bertz CT molecular complexity index is 338. The molecular formula is C11H17F4N3. The summed E-state index contributed by atoms with van der Waals surface area (Å²) in [7, 11) is 0. The van der Waals surface area contributed by atoms with Crippen LogP contribution in [0.15, 0.2) is 18.5 Å². The van der Waals surface area contributed by atoms with Gasteiger partial charge in [0, 0.05) is 18.4 Å². The van der Waals surface area contributed by atoms with Gasteiger partial charge in [-0.05, 0) is 12.0 Å². The van der Waals surface area contributed by atoms with Crippen LogP contribution in [0, 0.1) is 5.92 Å². The second-order valence-corrected chi connectivity index (χ2v) is 4.52. The van der Waals surface area contributed by atoms with Crippen LogP contribution in [-0.2, 0) is 6.54 Å². The van der Waals surface area contributed by atoms with Gasteiger partial charge in [-0.2, -0.15) is 13.9 Å². The van der Waals surface area contributed by atoms with Crippen LogP contribution in [0.2, 0.25) is 0 Å². The lowest BCUT2D eigenvalue weighted by Gasteiger charge is -2.25. The van der Waals surface area contributed by atoms with E-state index in [0.29, 0.717) is 6.54 Å². The lowest BCUT2D eigenvalue weighted by Crippen LogP contribution is -2.46. The fourth-order valence-corrected chi connectivity index (χ4v) is 1.47. The number of nitrogens with zero attached hydrogens (tertiary/aromatic N) is 2. The number of nitrogens with one attached hydrogen (secondary N) is 1. The highest BCUT2D eigenvalue weighted by Gasteiger charge is 2.40. The van der Waals surface area contributed by atoms with Crippen LogP contribution < -0.4 is 5.32 Å². The first-order valence-corrected chi connectivity index (χ1v) is 5.69. The lowest BCUT2D eigenvalue weighted by atomic mass is 10.0. The molecule has 18 heavy (non-hydrogen) atoms. The molecule has 0 saturated carbocycles. The first-order chi connectivity index (χ1) is 8.33. The predicted octanol–water partition coefficient (Wildman–Crippen LogP) is 2.40. The predicted molar refractivity (Wildman–Crippen MR) is 59.8 cm³/mol. The SMILES string of the molecule is CC(C)C(Cn1cccn1)NCC(F)(F)C(F)F. The number of rotatable bonds is 7. The third-order valence-corrected chi connectivity index (χ3v) is 2.67. The van der Waals surface area contributed by atoms with Crippen molar-refractivity contribution >= 4 is 0 Å². The van der Waals surface area contributed by atoms with Gasteiger partial charge in [0.2, 0.25) is 0 Å². The first kappa shape index (κ1) is 14.9. The molecule has 1 atom stereocenters. The Hall–Kier alpha value is -1.11. The van der Waals surface area contributed by atoms with E-state index in [0.717, 1.165) is 0 Å². The van der Waals surface area contributed by atoms with Gasteiger partial charge < -0.3 is 5.32 Å². The molecule has 7 heteroatoms. The average molecular weight is 267 g/mol. The van der Waals surface area contributed by atoms with Crippen molar-refractivity contribution in [1.29, 1.82) is 0 Å². The molecule has 3 nitrogen and oxygen atoms in total. The highest BCUT2D eigenvalue weighted by Crippen LogP contribution is 2.22. The molecular weight excluding hydrogens is 250 g/mol. The Labute approximate surface area is 103 Å². The molecule has 1 rings (SSSR count). The molecule has 104 valence electrons. The molecule has 1 heterocycles. The van der Waals surface area contributed by atoms with Crippen molar-refractivity contribution in [3.05, 3.63) is 18.5 Å². The van der Waals surface area contributed by atoms with E-state index in [1.54, 1.807) is 23.1 Å². The van der Waals surface area contributed by atoms with E-state index in [9.17, 15) is 17.6 Å². The standard InChI is InChI=1S/C11H17F4N3/c1-8(2)9(6-18-5-3-4-17-18)16-7-11(14,15)10(12)13/h3-5,8-10,16H,6-7H2,1-2H3. The van der Waals surface area contributed by atoms with Crippen molar-refractivity contribution in [3.8, 4) is 0 Å². The van der Waals surface area contributed by atoms with Gasteiger partial charge in [-0.1, -0.05) is 13.8 Å². The lowest BCUT2D eigenvalue weighted by molar-refractivity contribution is -0.126. The van der Waals surface area contributed by atoms with E-state index < -0.39 is 18.9 Å². The summed E-state index contributed by atoms with van der Waals surface area (Å²) in [5, 5.41) is 6.45. The zero-order chi connectivity index (χ0) is 13.8. The van der Waals surface area contributed by atoms with Gasteiger partial charge in [0.15, 0.2) is 0 Å². The van der Waals surface area contributed by atoms with Crippen molar-refractivity contribution in [2.75, 3.05) is 6.54 Å². The molecule has 0 aliphatic heterocycles.